The number of benzene rings is 1. The van der Waals surface area contributed by atoms with Crippen molar-refractivity contribution in [2.45, 2.75) is 33.7 Å². The van der Waals surface area contributed by atoms with Gasteiger partial charge in [-0.15, -0.1) is 0 Å². The van der Waals surface area contributed by atoms with Crippen LogP contribution in [0.5, 0.6) is 5.75 Å². The van der Waals surface area contributed by atoms with E-state index < -0.39 is 0 Å². The van der Waals surface area contributed by atoms with Crippen molar-refractivity contribution in [1.29, 1.82) is 0 Å². The number of ether oxygens (including phenoxy) is 1. The summed E-state index contributed by atoms with van der Waals surface area (Å²) < 4.78 is 12.9. The number of aryl methyl sites for hydroxylation is 2. The molecule has 1 aromatic carbocycles. The molecule has 1 aliphatic heterocycles. The fourth-order valence-corrected chi connectivity index (χ4v) is 4.73. The smallest absolute Gasteiger partial charge is 0.254 e. The van der Waals surface area contributed by atoms with Gasteiger partial charge in [0.15, 0.2) is 5.65 Å². The van der Waals surface area contributed by atoms with Crippen LogP contribution in [0.25, 0.3) is 22.3 Å². The van der Waals surface area contributed by atoms with Crippen LogP contribution in [0.4, 0.5) is 5.69 Å². The van der Waals surface area contributed by atoms with E-state index in [1.165, 1.54) is 0 Å². The summed E-state index contributed by atoms with van der Waals surface area (Å²) in [5, 5.41) is 5.33. The molecule has 1 aliphatic rings. The van der Waals surface area contributed by atoms with E-state index in [9.17, 15) is 4.79 Å². The molecule has 4 heterocycles. The Morgan fingerprint density at radius 3 is 2.37 bits per heavy atom. The average molecular weight is 474 g/mol. The lowest BCUT2D eigenvalue weighted by atomic mass is 10.1. The van der Waals surface area contributed by atoms with Crippen LogP contribution < -0.4 is 9.64 Å². The van der Waals surface area contributed by atoms with Crippen LogP contribution in [0.15, 0.2) is 47.0 Å². The van der Waals surface area contributed by atoms with Gasteiger partial charge in [0.2, 0.25) is 0 Å². The summed E-state index contributed by atoms with van der Waals surface area (Å²) in [6, 6.07) is 12.0. The molecule has 5 rings (SSSR count). The first kappa shape index (κ1) is 23.0. The van der Waals surface area contributed by atoms with Crippen LogP contribution in [-0.2, 0) is 0 Å². The Morgan fingerprint density at radius 1 is 1.06 bits per heavy atom. The van der Waals surface area contributed by atoms with Crippen LogP contribution in [0.2, 0.25) is 0 Å². The molecule has 3 aromatic heterocycles. The minimum atomic E-state index is 0.00852. The van der Waals surface area contributed by atoms with E-state index in [2.05, 4.69) is 36.0 Å². The van der Waals surface area contributed by atoms with Crippen molar-refractivity contribution in [1.82, 2.24) is 19.7 Å². The van der Waals surface area contributed by atoms with E-state index in [4.69, 9.17) is 14.1 Å². The third-order valence-corrected chi connectivity index (χ3v) is 6.61. The molecular formula is C27H31N5O3. The van der Waals surface area contributed by atoms with E-state index in [1.54, 1.807) is 13.3 Å². The van der Waals surface area contributed by atoms with Crippen LogP contribution in [-0.4, -0.2) is 58.9 Å². The number of carbonyl (C=O) groups is 1. The maximum atomic E-state index is 13.8. The molecule has 1 saturated heterocycles. The van der Waals surface area contributed by atoms with Crippen molar-refractivity contribution >= 4 is 22.6 Å². The zero-order valence-corrected chi connectivity index (χ0v) is 20.9. The second-order valence-electron chi connectivity index (χ2n) is 9.28. The average Bonchev–Trinajstić information content (AvgIpc) is 3.45. The number of furan rings is 1. The number of hydrogen-bond acceptors (Lipinski definition) is 6. The van der Waals surface area contributed by atoms with Gasteiger partial charge in [0.05, 0.1) is 30.0 Å². The molecule has 1 fully saturated rings. The second-order valence-corrected chi connectivity index (χ2v) is 9.28. The van der Waals surface area contributed by atoms with Crippen LogP contribution in [0.3, 0.4) is 0 Å². The summed E-state index contributed by atoms with van der Waals surface area (Å²) in [4.78, 5) is 22.9. The number of aromatic nitrogens is 3. The number of methoxy groups -OCH3 is 1. The predicted molar refractivity (Wildman–Crippen MR) is 136 cm³/mol. The van der Waals surface area contributed by atoms with Gasteiger partial charge < -0.3 is 19.0 Å². The first-order valence-electron chi connectivity index (χ1n) is 12.0. The first-order valence-corrected chi connectivity index (χ1v) is 12.0. The fourth-order valence-electron chi connectivity index (χ4n) is 4.73. The van der Waals surface area contributed by atoms with Crippen molar-refractivity contribution in [2.24, 2.45) is 0 Å². The Bertz CT molecular complexity index is 1360. The summed E-state index contributed by atoms with van der Waals surface area (Å²) in [6.07, 6.45) is 1.76. The maximum Gasteiger partial charge on any atom is 0.254 e. The molecule has 0 unspecified atom stereocenters. The quantitative estimate of drug-likeness (QED) is 0.412. The highest BCUT2D eigenvalue weighted by molar-refractivity contribution is 6.06. The molecule has 0 N–H and O–H groups in total. The van der Waals surface area contributed by atoms with E-state index >= 15 is 0 Å². The Morgan fingerprint density at radius 2 is 1.77 bits per heavy atom. The van der Waals surface area contributed by atoms with Crippen molar-refractivity contribution < 1.29 is 13.9 Å². The Balaban J connectivity index is 1.45. The lowest BCUT2D eigenvalue weighted by Gasteiger charge is -2.36. The van der Waals surface area contributed by atoms with Crippen LogP contribution in [0, 0.1) is 13.8 Å². The standard InChI is InChI=1S/C27H31N5O3/c1-17(2)32-26-24(16-28-32)23(15-25(29-26)22-14-18(3)35-19(22)4)27(33)31-12-10-30(11-13-31)20-6-8-21(34-5)9-7-20/h6-9,14-17H,10-13H2,1-5H3. The summed E-state index contributed by atoms with van der Waals surface area (Å²) in [5.74, 6) is 2.45. The topological polar surface area (TPSA) is 76.6 Å². The predicted octanol–water partition coefficient (Wildman–Crippen LogP) is 4.86. The van der Waals surface area contributed by atoms with Gasteiger partial charge in [-0.1, -0.05) is 0 Å². The normalized spacial score (nSPS) is 14.2. The molecule has 35 heavy (non-hydrogen) atoms. The molecule has 0 radical (unpaired) electrons. The van der Waals surface area contributed by atoms with Crippen LogP contribution >= 0.6 is 0 Å². The lowest BCUT2D eigenvalue weighted by Crippen LogP contribution is -2.48. The highest BCUT2D eigenvalue weighted by Crippen LogP contribution is 2.31. The number of anilines is 1. The van der Waals surface area contributed by atoms with Gasteiger partial charge in [-0.25, -0.2) is 9.67 Å². The Kier molecular flexibility index (Phi) is 5.96. The molecule has 8 heteroatoms. The van der Waals surface area contributed by atoms with Gasteiger partial charge >= 0.3 is 0 Å². The minimum absolute atomic E-state index is 0.00852. The molecule has 0 atom stereocenters. The van der Waals surface area contributed by atoms with Gasteiger partial charge in [-0.3, -0.25) is 4.79 Å². The van der Waals surface area contributed by atoms with Crippen molar-refractivity contribution in [3.8, 4) is 17.0 Å². The van der Waals surface area contributed by atoms with E-state index in [0.29, 0.717) is 18.7 Å². The zero-order valence-electron chi connectivity index (χ0n) is 20.9. The molecule has 4 aromatic rings. The molecule has 182 valence electrons. The molecule has 1 amide bonds. The number of amides is 1. The highest BCUT2D eigenvalue weighted by atomic mass is 16.5. The molecule has 0 bridgehead atoms. The number of nitrogens with zero attached hydrogens (tertiary/aromatic N) is 5. The summed E-state index contributed by atoms with van der Waals surface area (Å²) in [6.45, 7) is 10.8. The van der Waals surface area contributed by atoms with E-state index in [1.807, 2.05) is 47.7 Å². The number of piperazine rings is 1. The zero-order chi connectivity index (χ0) is 24.7. The van der Waals surface area contributed by atoms with Gasteiger partial charge in [0.25, 0.3) is 5.91 Å². The molecule has 0 aliphatic carbocycles. The molecule has 0 saturated carbocycles. The molecular weight excluding hydrogens is 442 g/mol. The van der Waals surface area contributed by atoms with Gasteiger partial charge in [0.1, 0.15) is 17.3 Å². The number of fused-ring (bicyclic) bond motifs is 1. The maximum absolute atomic E-state index is 13.8. The number of pyridine rings is 1. The highest BCUT2D eigenvalue weighted by Gasteiger charge is 2.26. The minimum Gasteiger partial charge on any atom is -0.497 e. The monoisotopic (exact) mass is 473 g/mol. The van der Waals surface area contributed by atoms with Crippen molar-refractivity contribution in [2.75, 3.05) is 38.2 Å². The third kappa shape index (κ3) is 4.24. The Hall–Kier alpha value is -3.81. The summed E-state index contributed by atoms with van der Waals surface area (Å²) in [7, 11) is 1.67. The van der Waals surface area contributed by atoms with Crippen molar-refractivity contribution in [3.63, 3.8) is 0 Å². The lowest BCUT2D eigenvalue weighted by molar-refractivity contribution is 0.0748. The second kappa shape index (κ2) is 9.09. The summed E-state index contributed by atoms with van der Waals surface area (Å²) >= 11 is 0. The van der Waals surface area contributed by atoms with E-state index in [-0.39, 0.29) is 11.9 Å². The number of carbonyl (C=O) groups excluding carboxylic acids is 1. The third-order valence-electron chi connectivity index (χ3n) is 6.61. The van der Waals surface area contributed by atoms with E-state index in [0.717, 1.165) is 58.3 Å². The van der Waals surface area contributed by atoms with Gasteiger partial charge in [0, 0.05) is 43.5 Å². The Labute approximate surface area is 205 Å². The molecule has 8 nitrogen and oxygen atoms in total. The van der Waals surface area contributed by atoms with Gasteiger partial charge in [-0.05, 0) is 64.1 Å². The first-order chi connectivity index (χ1) is 16.9. The largest absolute Gasteiger partial charge is 0.497 e. The summed E-state index contributed by atoms with van der Waals surface area (Å²) in [5.41, 5.74) is 4.12. The van der Waals surface area contributed by atoms with Crippen LogP contribution in [0.1, 0.15) is 41.8 Å². The van der Waals surface area contributed by atoms with Crippen molar-refractivity contribution in [3.05, 3.63) is 59.7 Å². The SMILES string of the molecule is COc1ccc(N2CCN(C(=O)c3cc(-c4cc(C)oc4C)nc4c3cnn4C(C)C)CC2)cc1. The molecule has 0 spiro atoms. The number of hydrogen-bond donors (Lipinski definition) is 0. The fraction of sp³-hybridized carbons (Fsp3) is 0.370. The van der Waals surface area contributed by atoms with Gasteiger partial charge in [-0.2, -0.15) is 5.10 Å². The number of rotatable bonds is 5.